The Bertz CT molecular complexity index is 483. The van der Waals surface area contributed by atoms with Crippen molar-refractivity contribution in [1.29, 1.82) is 0 Å². The number of anilines is 1. The van der Waals surface area contributed by atoms with Crippen LogP contribution in [0.4, 0.5) is 5.69 Å². The van der Waals surface area contributed by atoms with Crippen molar-refractivity contribution in [1.82, 2.24) is 0 Å². The molecule has 98 valence electrons. The van der Waals surface area contributed by atoms with Crippen molar-refractivity contribution in [3.05, 3.63) is 22.2 Å². The maximum Gasteiger partial charge on any atom is 0.265 e. The van der Waals surface area contributed by atoms with Gasteiger partial charge in [0, 0.05) is 4.47 Å². The summed E-state index contributed by atoms with van der Waals surface area (Å²) in [4.78, 5) is 11.9. The minimum absolute atomic E-state index is 0.0645. The second-order valence-electron chi connectivity index (χ2n) is 5.30. The fourth-order valence-corrected chi connectivity index (χ4v) is 2.57. The van der Waals surface area contributed by atoms with Crippen LogP contribution in [-0.2, 0) is 4.79 Å². The number of ether oxygens (including phenoxy) is 1. The van der Waals surface area contributed by atoms with Gasteiger partial charge in [0.05, 0.1) is 5.69 Å². The van der Waals surface area contributed by atoms with Crippen molar-refractivity contribution >= 4 is 27.5 Å². The Hall–Kier alpha value is -1.03. The number of rotatable bonds is 2. The van der Waals surface area contributed by atoms with Crippen molar-refractivity contribution in [3.8, 4) is 5.75 Å². The molecule has 1 heterocycles. The molecule has 0 aliphatic carbocycles. The van der Waals surface area contributed by atoms with E-state index in [1.165, 1.54) is 0 Å². The van der Waals surface area contributed by atoms with Crippen molar-refractivity contribution in [3.63, 3.8) is 0 Å². The van der Waals surface area contributed by atoms with Crippen LogP contribution in [0.1, 0.15) is 39.2 Å². The molecule has 1 aliphatic rings. The molecule has 4 heteroatoms. The molecular weight excluding hydrogens is 294 g/mol. The van der Waals surface area contributed by atoms with E-state index in [2.05, 4.69) is 41.2 Å². The van der Waals surface area contributed by atoms with Crippen molar-refractivity contribution in [2.45, 2.75) is 39.7 Å². The zero-order chi connectivity index (χ0) is 13.4. The summed E-state index contributed by atoms with van der Waals surface area (Å²) in [6, 6.07) is 3.94. The number of hydrogen-bond acceptors (Lipinski definition) is 2. The van der Waals surface area contributed by atoms with E-state index in [-0.39, 0.29) is 11.8 Å². The van der Waals surface area contributed by atoms with Gasteiger partial charge in [-0.15, -0.1) is 0 Å². The van der Waals surface area contributed by atoms with E-state index in [9.17, 15) is 4.79 Å². The third kappa shape index (κ3) is 2.39. The van der Waals surface area contributed by atoms with Crippen LogP contribution in [0.5, 0.6) is 5.75 Å². The summed E-state index contributed by atoms with van der Waals surface area (Å²) in [5.74, 6) is 1.25. The van der Waals surface area contributed by atoms with Gasteiger partial charge in [0.25, 0.3) is 5.91 Å². The van der Waals surface area contributed by atoms with Crippen LogP contribution < -0.4 is 10.1 Å². The molecule has 0 saturated carbocycles. The van der Waals surface area contributed by atoms with Gasteiger partial charge < -0.3 is 10.1 Å². The van der Waals surface area contributed by atoms with Crippen LogP contribution in [0.2, 0.25) is 0 Å². The number of hydrogen-bond donors (Lipinski definition) is 1. The van der Waals surface area contributed by atoms with Gasteiger partial charge in [-0.2, -0.15) is 0 Å². The average molecular weight is 312 g/mol. The second kappa shape index (κ2) is 4.92. The third-order valence-corrected chi connectivity index (χ3v) is 3.53. The Kier molecular flexibility index (Phi) is 3.66. The predicted octanol–water partition coefficient (Wildman–Crippen LogP) is 3.93. The summed E-state index contributed by atoms with van der Waals surface area (Å²) in [5.41, 5.74) is 1.88. The minimum Gasteiger partial charge on any atom is -0.478 e. The lowest BCUT2D eigenvalue weighted by molar-refractivity contribution is -0.125. The molecule has 0 radical (unpaired) electrons. The highest BCUT2D eigenvalue weighted by Crippen LogP contribution is 2.40. The molecule has 1 atom stereocenters. The van der Waals surface area contributed by atoms with E-state index in [1.807, 2.05) is 19.9 Å². The summed E-state index contributed by atoms with van der Waals surface area (Å²) >= 11 is 3.47. The third-order valence-electron chi connectivity index (χ3n) is 3.07. The van der Waals surface area contributed by atoms with E-state index < -0.39 is 6.10 Å². The van der Waals surface area contributed by atoms with Crippen LogP contribution in [0.15, 0.2) is 16.6 Å². The zero-order valence-electron chi connectivity index (χ0n) is 11.1. The molecule has 1 amide bonds. The SMILES string of the molecule is CC(C)c1cc(Br)cc2c1OC(C(C)C)C(=O)N2. The minimum atomic E-state index is -0.406. The van der Waals surface area contributed by atoms with Crippen LogP contribution >= 0.6 is 15.9 Å². The number of carbonyl (C=O) groups excluding carboxylic acids is 1. The Morgan fingerprint density at radius 1 is 1.28 bits per heavy atom. The molecule has 1 aromatic carbocycles. The van der Waals surface area contributed by atoms with Gasteiger partial charge in [0.15, 0.2) is 6.10 Å². The van der Waals surface area contributed by atoms with E-state index in [0.717, 1.165) is 21.5 Å². The topological polar surface area (TPSA) is 38.3 Å². The van der Waals surface area contributed by atoms with E-state index in [1.54, 1.807) is 0 Å². The standard InChI is InChI=1S/C14H18BrNO2/c1-7(2)10-5-9(15)6-11-13(10)18-12(8(3)4)14(17)16-11/h5-8,12H,1-4H3,(H,16,17). The first-order valence-electron chi connectivity index (χ1n) is 6.21. The van der Waals surface area contributed by atoms with E-state index in [0.29, 0.717) is 5.92 Å². The normalized spacial score (nSPS) is 18.6. The summed E-state index contributed by atoms with van der Waals surface area (Å²) in [6.07, 6.45) is -0.406. The fourth-order valence-electron chi connectivity index (χ4n) is 2.09. The first kappa shape index (κ1) is 13.4. The molecule has 1 N–H and O–H groups in total. The predicted molar refractivity (Wildman–Crippen MR) is 76.1 cm³/mol. The Morgan fingerprint density at radius 2 is 1.94 bits per heavy atom. The quantitative estimate of drug-likeness (QED) is 0.898. The molecule has 1 aliphatic heterocycles. The molecule has 1 unspecified atom stereocenters. The fraction of sp³-hybridized carbons (Fsp3) is 0.500. The first-order chi connectivity index (χ1) is 8.40. The molecule has 0 fully saturated rings. The number of benzene rings is 1. The summed E-state index contributed by atoms with van der Waals surface area (Å²) in [5, 5.41) is 2.93. The maximum atomic E-state index is 11.9. The van der Waals surface area contributed by atoms with Gasteiger partial charge in [0.1, 0.15) is 5.75 Å². The summed E-state index contributed by atoms with van der Waals surface area (Å²) < 4.78 is 6.88. The molecule has 2 rings (SSSR count). The number of fused-ring (bicyclic) bond motifs is 1. The highest BCUT2D eigenvalue weighted by Gasteiger charge is 2.32. The molecular formula is C14H18BrNO2. The van der Waals surface area contributed by atoms with Gasteiger partial charge in [-0.25, -0.2) is 0 Å². The Morgan fingerprint density at radius 3 is 2.50 bits per heavy atom. The molecule has 0 spiro atoms. The zero-order valence-corrected chi connectivity index (χ0v) is 12.7. The van der Waals surface area contributed by atoms with Gasteiger partial charge in [0.2, 0.25) is 0 Å². The molecule has 3 nitrogen and oxygen atoms in total. The lowest BCUT2D eigenvalue weighted by Crippen LogP contribution is -2.41. The van der Waals surface area contributed by atoms with Crippen LogP contribution in [0.3, 0.4) is 0 Å². The van der Waals surface area contributed by atoms with Crippen molar-refractivity contribution in [2.24, 2.45) is 5.92 Å². The maximum absolute atomic E-state index is 11.9. The molecule has 0 aromatic heterocycles. The monoisotopic (exact) mass is 311 g/mol. The number of nitrogens with one attached hydrogen (secondary N) is 1. The van der Waals surface area contributed by atoms with E-state index >= 15 is 0 Å². The van der Waals surface area contributed by atoms with Crippen molar-refractivity contribution in [2.75, 3.05) is 5.32 Å². The Balaban J connectivity index is 2.49. The molecule has 0 saturated heterocycles. The molecule has 1 aromatic rings. The average Bonchev–Trinajstić information content (AvgIpc) is 2.26. The largest absolute Gasteiger partial charge is 0.478 e. The van der Waals surface area contributed by atoms with E-state index in [4.69, 9.17) is 4.74 Å². The molecule has 0 bridgehead atoms. The smallest absolute Gasteiger partial charge is 0.265 e. The van der Waals surface area contributed by atoms with Gasteiger partial charge in [-0.05, 0) is 29.5 Å². The first-order valence-corrected chi connectivity index (χ1v) is 7.00. The van der Waals surface area contributed by atoms with Crippen LogP contribution in [-0.4, -0.2) is 12.0 Å². The second-order valence-corrected chi connectivity index (χ2v) is 6.21. The van der Waals surface area contributed by atoms with Gasteiger partial charge in [-0.1, -0.05) is 43.6 Å². The van der Waals surface area contributed by atoms with Gasteiger partial charge >= 0.3 is 0 Å². The lowest BCUT2D eigenvalue weighted by Gasteiger charge is -2.30. The number of amides is 1. The van der Waals surface area contributed by atoms with Crippen LogP contribution in [0.25, 0.3) is 0 Å². The highest BCUT2D eigenvalue weighted by molar-refractivity contribution is 9.10. The van der Waals surface area contributed by atoms with Crippen molar-refractivity contribution < 1.29 is 9.53 Å². The Labute approximate surface area is 116 Å². The van der Waals surface area contributed by atoms with Crippen LogP contribution in [0, 0.1) is 5.92 Å². The lowest BCUT2D eigenvalue weighted by atomic mass is 9.98. The summed E-state index contributed by atoms with van der Waals surface area (Å²) in [7, 11) is 0. The number of halogens is 1. The number of carbonyl (C=O) groups is 1. The highest BCUT2D eigenvalue weighted by atomic mass is 79.9. The molecule has 18 heavy (non-hydrogen) atoms. The summed E-state index contributed by atoms with van der Waals surface area (Å²) in [6.45, 7) is 8.21. The van der Waals surface area contributed by atoms with Gasteiger partial charge in [-0.3, -0.25) is 4.79 Å².